The van der Waals surface area contributed by atoms with Gasteiger partial charge in [0, 0.05) is 55.1 Å². The van der Waals surface area contributed by atoms with Crippen LogP contribution in [-0.4, -0.2) is 38.8 Å². The molecule has 0 aliphatic carbocycles. The Kier molecular flexibility index (Phi) is 5.46. The monoisotopic (exact) mass is 391 g/mol. The van der Waals surface area contributed by atoms with Crippen molar-refractivity contribution in [2.45, 2.75) is 25.7 Å². The summed E-state index contributed by atoms with van der Waals surface area (Å²) in [6.45, 7) is 3.20. The molecule has 4 rings (SSSR count). The Balaban J connectivity index is 1.68. The molecule has 7 heteroatoms. The predicted molar refractivity (Wildman–Crippen MR) is 109 cm³/mol. The second kappa shape index (κ2) is 8.34. The van der Waals surface area contributed by atoms with Crippen LogP contribution >= 0.6 is 0 Å². The van der Waals surface area contributed by atoms with Crippen LogP contribution in [0.1, 0.15) is 31.5 Å². The smallest absolute Gasteiger partial charge is 0.222 e. The molecule has 1 aliphatic rings. The second-order valence-corrected chi connectivity index (χ2v) is 7.05. The number of pyridine rings is 1. The Morgan fingerprint density at radius 2 is 2.14 bits per heavy atom. The van der Waals surface area contributed by atoms with E-state index in [0.29, 0.717) is 36.8 Å². The number of anilines is 2. The van der Waals surface area contributed by atoms with Crippen LogP contribution in [0.2, 0.25) is 0 Å². The van der Waals surface area contributed by atoms with Gasteiger partial charge in [-0.3, -0.25) is 9.78 Å². The number of hydrogen-bond acceptors (Lipinski definition) is 5. The molecule has 1 aromatic carbocycles. The molecule has 1 unspecified atom stereocenters. The molecule has 1 N–H and O–H groups in total. The van der Waals surface area contributed by atoms with Crippen molar-refractivity contribution in [2.75, 3.05) is 18.4 Å². The average Bonchev–Trinajstić information content (AvgIpc) is 3.24. The first kappa shape index (κ1) is 19.0. The summed E-state index contributed by atoms with van der Waals surface area (Å²) in [5, 5.41) is 3.17. The molecule has 1 amide bonds. The number of likely N-dealkylation sites (tertiary alicyclic amines) is 1. The maximum absolute atomic E-state index is 13.6. The third-order valence-corrected chi connectivity index (χ3v) is 5.01. The maximum Gasteiger partial charge on any atom is 0.222 e. The molecule has 1 fully saturated rings. The van der Waals surface area contributed by atoms with Crippen molar-refractivity contribution in [1.82, 2.24) is 19.9 Å². The molecule has 29 heavy (non-hydrogen) atoms. The highest BCUT2D eigenvalue weighted by Crippen LogP contribution is 2.29. The Morgan fingerprint density at radius 3 is 2.90 bits per heavy atom. The maximum atomic E-state index is 13.6. The van der Waals surface area contributed by atoms with Gasteiger partial charge in [0.05, 0.1) is 5.69 Å². The quantitative estimate of drug-likeness (QED) is 0.708. The molecule has 6 nitrogen and oxygen atoms in total. The van der Waals surface area contributed by atoms with Crippen LogP contribution in [0.15, 0.2) is 54.9 Å². The summed E-state index contributed by atoms with van der Waals surface area (Å²) in [7, 11) is 0. The van der Waals surface area contributed by atoms with Crippen molar-refractivity contribution < 1.29 is 9.18 Å². The van der Waals surface area contributed by atoms with E-state index >= 15 is 0 Å². The van der Waals surface area contributed by atoms with Crippen LogP contribution in [0.5, 0.6) is 0 Å². The summed E-state index contributed by atoms with van der Waals surface area (Å²) in [6.07, 6.45) is 4.78. The van der Waals surface area contributed by atoms with E-state index in [1.54, 1.807) is 24.5 Å². The molecule has 0 bridgehead atoms. The fourth-order valence-corrected chi connectivity index (χ4v) is 3.51. The summed E-state index contributed by atoms with van der Waals surface area (Å²) >= 11 is 0. The highest BCUT2D eigenvalue weighted by molar-refractivity contribution is 5.76. The van der Waals surface area contributed by atoms with Gasteiger partial charge >= 0.3 is 0 Å². The molecule has 0 radical (unpaired) electrons. The van der Waals surface area contributed by atoms with Gasteiger partial charge in [-0.2, -0.15) is 0 Å². The fraction of sp³-hybridized carbons (Fsp3) is 0.273. The first-order valence-corrected chi connectivity index (χ1v) is 9.72. The molecular formula is C22H22FN5O. The number of rotatable bonds is 5. The summed E-state index contributed by atoms with van der Waals surface area (Å²) in [6, 6.07) is 11.9. The fourth-order valence-electron chi connectivity index (χ4n) is 3.51. The lowest BCUT2D eigenvalue weighted by atomic mass is 10.1. The van der Waals surface area contributed by atoms with E-state index in [1.807, 2.05) is 30.0 Å². The van der Waals surface area contributed by atoms with Crippen molar-refractivity contribution in [3.63, 3.8) is 0 Å². The lowest BCUT2D eigenvalue weighted by molar-refractivity contribution is -0.129. The minimum absolute atomic E-state index is 0.0650. The number of amides is 1. The summed E-state index contributed by atoms with van der Waals surface area (Å²) < 4.78 is 13.6. The van der Waals surface area contributed by atoms with E-state index in [0.717, 1.165) is 17.7 Å². The number of nitrogens with one attached hydrogen (secondary N) is 1. The minimum atomic E-state index is -0.318. The van der Waals surface area contributed by atoms with Crippen molar-refractivity contribution in [2.24, 2.45) is 0 Å². The molecule has 3 aromatic rings. The van der Waals surface area contributed by atoms with Crippen molar-refractivity contribution in [3.05, 3.63) is 66.5 Å². The van der Waals surface area contributed by atoms with Gasteiger partial charge in [-0.05, 0) is 36.8 Å². The van der Waals surface area contributed by atoms with Gasteiger partial charge in [-0.15, -0.1) is 0 Å². The van der Waals surface area contributed by atoms with Crippen LogP contribution < -0.4 is 5.32 Å². The topological polar surface area (TPSA) is 71.0 Å². The standard InChI is InChI=1S/C22H22FN5O/c1-2-21(29)28-10-8-16(14-28)22-26-19(15-5-4-9-24-13-15)12-20(27-22)25-18-7-3-6-17(23)11-18/h3-7,9,11-13,16H,2,8,10,14H2,1H3,(H,25,26,27). The zero-order valence-electron chi connectivity index (χ0n) is 16.2. The highest BCUT2D eigenvalue weighted by atomic mass is 19.1. The highest BCUT2D eigenvalue weighted by Gasteiger charge is 2.29. The zero-order valence-corrected chi connectivity index (χ0v) is 16.2. The van der Waals surface area contributed by atoms with E-state index in [1.165, 1.54) is 12.1 Å². The van der Waals surface area contributed by atoms with Gasteiger partial charge in [0.1, 0.15) is 17.5 Å². The van der Waals surface area contributed by atoms with Crippen LogP contribution in [0.25, 0.3) is 11.3 Å². The summed E-state index contributed by atoms with van der Waals surface area (Å²) in [5.41, 5.74) is 2.22. The van der Waals surface area contributed by atoms with E-state index in [-0.39, 0.29) is 17.6 Å². The van der Waals surface area contributed by atoms with E-state index in [9.17, 15) is 9.18 Å². The Morgan fingerprint density at radius 1 is 1.24 bits per heavy atom. The molecule has 1 aliphatic heterocycles. The average molecular weight is 391 g/mol. The molecule has 0 spiro atoms. The first-order valence-electron chi connectivity index (χ1n) is 9.72. The molecule has 1 saturated heterocycles. The second-order valence-electron chi connectivity index (χ2n) is 7.05. The van der Waals surface area contributed by atoms with Crippen molar-refractivity contribution in [3.8, 4) is 11.3 Å². The molecule has 2 aromatic heterocycles. The number of benzene rings is 1. The normalized spacial score (nSPS) is 16.1. The summed E-state index contributed by atoms with van der Waals surface area (Å²) in [5.74, 6) is 1.15. The molecule has 148 valence electrons. The van der Waals surface area contributed by atoms with Gasteiger partial charge in [0.25, 0.3) is 0 Å². The Bertz CT molecular complexity index is 1010. The van der Waals surface area contributed by atoms with E-state index in [4.69, 9.17) is 4.98 Å². The molecule has 0 saturated carbocycles. The van der Waals surface area contributed by atoms with Gasteiger partial charge < -0.3 is 10.2 Å². The molecular weight excluding hydrogens is 369 g/mol. The van der Waals surface area contributed by atoms with Crippen LogP contribution in [0.3, 0.4) is 0 Å². The van der Waals surface area contributed by atoms with E-state index < -0.39 is 0 Å². The third kappa shape index (κ3) is 4.39. The van der Waals surface area contributed by atoms with Gasteiger partial charge in [0.2, 0.25) is 5.91 Å². The van der Waals surface area contributed by atoms with Gasteiger partial charge in [0.15, 0.2) is 0 Å². The third-order valence-electron chi connectivity index (χ3n) is 5.01. The number of aromatic nitrogens is 3. The SMILES string of the molecule is CCC(=O)N1CCC(c2nc(Nc3cccc(F)c3)cc(-c3cccnc3)n2)C1. The lowest BCUT2D eigenvalue weighted by Crippen LogP contribution is -2.27. The Labute approximate surface area is 168 Å². The van der Waals surface area contributed by atoms with Crippen molar-refractivity contribution in [1.29, 1.82) is 0 Å². The van der Waals surface area contributed by atoms with E-state index in [2.05, 4.69) is 15.3 Å². The number of halogens is 1. The first-order chi connectivity index (χ1) is 14.1. The number of carbonyl (C=O) groups excluding carboxylic acids is 1. The number of hydrogen-bond donors (Lipinski definition) is 1. The minimum Gasteiger partial charge on any atom is -0.342 e. The number of carbonyl (C=O) groups is 1. The predicted octanol–water partition coefficient (Wildman–Crippen LogP) is 4.15. The summed E-state index contributed by atoms with van der Waals surface area (Å²) in [4.78, 5) is 27.5. The van der Waals surface area contributed by atoms with Gasteiger partial charge in [-0.25, -0.2) is 14.4 Å². The lowest BCUT2D eigenvalue weighted by Gasteiger charge is -2.16. The number of nitrogens with zero attached hydrogens (tertiary/aromatic N) is 4. The molecule has 3 heterocycles. The van der Waals surface area contributed by atoms with Crippen molar-refractivity contribution >= 4 is 17.4 Å². The molecule has 1 atom stereocenters. The van der Waals surface area contributed by atoms with Gasteiger partial charge in [-0.1, -0.05) is 13.0 Å². The van der Waals surface area contributed by atoms with Crippen LogP contribution in [0.4, 0.5) is 15.9 Å². The zero-order chi connectivity index (χ0) is 20.2. The van der Waals surface area contributed by atoms with Crippen LogP contribution in [0, 0.1) is 5.82 Å². The Hall–Kier alpha value is -3.35. The van der Waals surface area contributed by atoms with Crippen LogP contribution in [-0.2, 0) is 4.79 Å². The largest absolute Gasteiger partial charge is 0.342 e.